The molecule has 228 valence electrons. The molecule has 4 rings (SSSR count). The minimum absolute atomic E-state index is 0.00837. The molecule has 0 aromatic heterocycles. The van der Waals surface area contributed by atoms with Crippen LogP contribution in [-0.2, 0) is 14.6 Å². The van der Waals surface area contributed by atoms with Crippen molar-refractivity contribution in [3.8, 4) is 16.9 Å². The van der Waals surface area contributed by atoms with Gasteiger partial charge in [0.25, 0.3) is 15.7 Å². The highest BCUT2D eigenvalue weighted by atomic mass is 32.2. The van der Waals surface area contributed by atoms with Crippen LogP contribution in [0.25, 0.3) is 11.1 Å². The van der Waals surface area contributed by atoms with Crippen molar-refractivity contribution in [2.24, 2.45) is 5.92 Å². The van der Waals surface area contributed by atoms with Crippen molar-refractivity contribution in [3.63, 3.8) is 0 Å². The Bertz CT molecular complexity index is 1660. The number of halogens is 4. The first kappa shape index (κ1) is 31.5. The van der Waals surface area contributed by atoms with Gasteiger partial charge >= 0.3 is 11.5 Å². The molecule has 1 saturated carbocycles. The van der Waals surface area contributed by atoms with Gasteiger partial charge in [-0.05, 0) is 54.8 Å². The number of rotatable bonds is 8. The Morgan fingerprint density at radius 2 is 1.65 bits per heavy atom. The summed E-state index contributed by atoms with van der Waals surface area (Å²) in [6, 6.07) is 10.7. The van der Waals surface area contributed by atoms with Crippen molar-refractivity contribution in [2.75, 3.05) is 12.4 Å². The molecule has 43 heavy (non-hydrogen) atoms. The van der Waals surface area contributed by atoms with Crippen LogP contribution in [0.1, 0.15) is 46.4 Å². The van der Waals surface area contributed by atoms with E-state index in [4.69, 9.17) is 9.84 Å². The number of sulfone groups is 1. The number of methoxy groups -OCH3 is 1. The van der Waals surface area contributed by atoms with E-state index in [0.717, 1.165) is 18.2 Å². The summed E-state index contributed by atoms with van der Waals surface area (Å²) in [6.45, 7) is 0. The van der Waals surface area contributed by atoms with Gasteiger partial charge in [0, 0.05) is 23.4 Å². The van der Waals surface area contributed by atoms with Gasteiger partial charge in [-0.2, -0.15) is 13.2 Å². The number of carboxylic acids is 1. The third-order valence-corrected chi connectivity index (χ3v) is 8.60. The smallest absolute Gasteiger partial charge is 0.496 e. The van der Waals surface area contributed by atoms with Gasteiger partial charge < -0.3 is 20.5 Å². The number of hydrogen-bond acceptors (Lipinski definition) is 6. The van der Waals surface area contributed by atoms with Crippen LogP contribution in [0.3, 0.4) is 0 Å². The average molecular weight is 623 g/mol. The van der Waals surface area contributed by atoms with Crippen LogP contribution < -0.4 is 15.4 Å². The van der Waals surface area contributed by atoms with E-state index in [9.17, 15) is 40.4 Å². The van der Waals surface area contributed by atoms with Crippen LogP contribution in [0.2, 0.25) is 0 Å². The largest absolute Gasteiger partial charge is 0.501 e. The Balaban J connectivity index is 1.56. The molecule has 0 radical (unpaired) electrons. The molecule has 9 nitrogen and oxygen atoms in total. The van der Waals surface area contributed by atoms with Gasteiger partial charge in [0.15, 0.2) is 0 Å². The quantitative estimate of drug-likeness (QED) is 0.285. The van der Waals surface area contributed by atoms with E-state index in [2.05, 4.69) is 10.6 Å². The van der Waals surface area contributed by atoms with E-state index >= 15 is 0 Å². The van der Waals surface area contributed by atoms with Crippen LogP contribution in [-0.4, -0.2) is 50.0 Å². The van der Waals surface area contributed by atoms with Crippen molar-refractivity contribution in [1.82, 2.24) is 5.32 Å². The van der Waals surface area contributed by atoms with Crippen molar-refractivity contribution in [2.45, 2.75) is 42.1 Å². The normalized spacial score (nSPS) is 17.1. The Labute approximate surface area is 243 Å². The van der Waals surface area contributed by atoms with Gasteiger partial charge in [0.1, 0.15) is 11.6 Å². The summed E-state index contributed by atoms with van der Waals surface area (Å²) < 4.78 is 82.7. The molecule has 3 aromatic carbocycles. The highest BCUT2D eigenvalue weighted by Gasteiger charge is 2.47. The van der Waals surface area contributed by atoms with Gasteiger partial charge in [0.2, 0.25) is 5.91 Å². The van der Waals surface area contributed by atoms with Crippen LogP contribution in [0, 0.1) is 11.7 Å². The lowest BCUT2D eigenvalue weighted by atomic mass is 9.83. The summed E-state index contributed by atoms with van der Waals surface area (Å²) in [7, 11) is -4.38. The van der Waals surface area contributed by atoms with Gasteiger partial charge in [-0.3, -0.25) is 9.59 Å². The number of ether oxygens (including phenoxy) is 1. The number of nitrogens with one attached hydrogen (secondary N) is 2. The molecule has 0 spiro atoms. The number of benzene rings is 3. The van der Waals surface area contributed by atoms with Crippen LogP contribution in [0.5, 0.6) is 5.75 Å². The Morgan fingerprint density at radius 3 is 2.28 bits per heavy atom. The minimum atomic E-state index is -5.63. The number of alkyl halides is 3. The summed E-state index contributed by atoms with van der Waals surface area (Å²) >= 11 is 0. The molecule has 0 aliphatic heterocycles. The van der Waals surface area contributed by atoms with Crippen molar-refractivity contribution in [3.05, 3.63) is 77.6 Å². The molecule has 1 fully saturated rings. The lowest BCUT2D eigenvalue weighted by Crippen LogP contribution is -2.46. The molecule has 2 amide bonds. The number of carbonyl (C=O) groups excluding carboxylic acids is 2. The fourth-order valence-electron chi connectivity index (χ4n) is 4.89. The van der Waals surface area contributed by atoms with E-state index in [0.29, 0.717) is 37.3 Å². The van der Waals surface area contributed by atoms with Crippen LogP contribution in [0.4, 0.5) is 23.2 Å². The van der Waals surface area contributed by atoms with E-state index in [1.54, 1.807) is 0 Å². The van der Waals surface area contributed by atoms with Gasteiger partial charge in [-0.15, -0.1) is 0 Å². The maximum atomic E-state index is 14.9. The first-order chi connectivity index (χ1) is 20.2. The first-order valence-corrected chi connectivity index (χ1v) is 14.5. The van der Waals surface area contributed by atoms with Crippen molar-refractivity contribution in [1.29, 1.82) is 0 Å². The molecule has 0 heterocycles. The van der Waals surface area contributed by atoms with Crippen LogP contribution in [0.15, 0.2) is 65.6 Å². The van der Waals surface area contributed by atoms with E-state index in [1.807, 2.05) is 0 Å². The zero-order valence-corrected chi connectivity index (χ0v) is 23.4. The predicted octanol–water partition coefficient (Wildman–Crippen LogP) is 5.42. The highest BCUT2D eigenvalue weighted by molar-refractivity contribution is 7.92. The maximum absolute atomic E-state index is 14.9. The first-order valence-electron chi connectivity index (χ1n) is 13.0. The molecule has 3 aromatic rings. The molecule has 3 N–H and O–H groups in total. The zero-order valence-electron chi connectivity index (χ0n) is 22.6. The summed E-state index contributed by atoms with van der Waals surface area (Å²) in [5, 5.41) is 14.4. The number of carboxylic acid groups (broad SMARTS) is 1. The molecule has 1 aliphatic carbocycles. The summed E-state index contributed by atoms with van der Waals surface area (Å²) in [5.41, 5.74) is -5.41. The molecule has 0 bridgehead atoms. The number of anilines is 1. The number of aromatic carboxylic acids is 1. The van der Waals surface area contributed by atoms with Crippen LogP contribution >= 0.6 is 0 Å². The zero-order chi connectivity index (χ0) is 31.5. The Kier molecular flexibility index (Phi) is 9.09. The summed E-state index contributed by atoms with van der Waals surface area (Å²) in [4.78, 5) is 36.7. The second-order valence-corrected chi connectivity index (χ2v) is 11.8. The second-order valence-electron chi connectivity index (χ2n) is 9.85. The molecule has 0 saturated heterocycles. The summed E-state index contributed by atoms with van der Waals surface area (Å²) in [5.74, 6) is -4.08. The van der Waals surface area contributed by atoms with Crippen molar-refractivity contribution < 1.29 is 50.2 Å². The number of carbonyl (C=O) groups is 3. The molecule has 2 atom stereocenters. The molecular weight excluding hydrogens is 596 g/mol. The third kappa shape index (κ3) is 6.79. The SMILES string of the molecule is COc1cc(F)c(-c2ccc(C(=O)O)cc2)cc1C(=O)N[C@@H]1CCCC[C@@H]1C(=O)Nc1cccc(S(=O)(=O)C(F)(F)F)c1. The monoisotopic (exact) mass is 622 g/mol. The lowest BCUT2D eigenvalue weighted by molar-refractivity contribution is -0.121. The van der Waals surface area contributed by atoms with Gasteiger partial charge in [-0.25, -0.2) is 17.6 Å². The Hall–Kier alpha value is -4.46. The van der Waals surface area contributed by atoms with E-state index in [-0.39, 0.29) is 28.1 Å². The lowest BCUT2D eigenvalue weighted by Gasteiger charge is -2.31. The summed E-state index contributed by atoms with van der Waals surface area (Å²) in [6.07, 6.45) is 2.01. The average Bonchev–Trinajstić information content (AvgIpc) is 2.96. The molecule has 0 unspecified atom stereocenters. The maximum Gasteiger partial charge on any atom is 0.501 e. The van der Waals surface area contributed by atoms with E-state index < -0.39 is 55.8 Å². The van der Waals surface area contributed by atoms with Gasteiger partial charge in [-0.1, -0.05) is 31.0 Å². The minimum Gasteiger partial charge on any atom is -0.496 e. The number of amides is 2. The third-order valence-electron chi connectivity index (χ3n) is 7.11. The second kappa shape index (κ2) is 12.4. The highest BCUT2D eigenvalue weighted by Crippen LogP contribution is 2.33. The molecular formula is C29H26F4N2O7S. The fourth-order valence-corrected chi connectivity index (χ4v) is 5.70. The Morgan fingerprint density at radius 1 is 0.977 bits per heavy atom. The topological polar surface area (TPSA) is 139 Å². The number of hydrogen-bond donors (Lipinski definition) is 3. The molecule has 14 heteroatoms. The van der Waals surface area contributed by atoms with Crippen molar-refractivity contribution >= 4 is 33.3 Å². The fraction of sp³-hybridized carbons (Fsp3) is 0.276. The van der Waals surface area contributed by atoms with Gasteiger partial charge in [0.05, 0.1) is 29.1 Å². The van der Waals surface area contributed by atoms with E-state index in [1.165, 1.54) is 43.5 Å². The predicted molar refractivity (Wildman–Crippen MR) is 147 cm³/mol. The molecule has 1 aliphatic rings. The standard InChI is InChI=1S/C29H26F4N2O7S/c1-42-25-15-23(30)21(16-9-11-17(12-10-16)28(38)39)14-22(25)27(37)35-24-8-3-2-7-20(24)26(36)34-18-5-4-6-19(13-18)43(40,41)29(31,32)33/h4-6,9-15,20,24H,2-3,7-8H2,1H3,(H,34,36)(H,35,37)(H,38,39)/t20-,24+/m0/s1.